The molecule has 0 unspecified atom stereocenters. The van der Waals surface area contributed by atoms with E-state index in [2.05, 4.69) is 53.0 Å². The summed E-state index contributed by atoms with van der Waals surface area (Å²) in [7, 11) is 0. The summed E-state index contributed by atoms with van der Waals surface area (Å²) in [6, 6.07) is 0.507. The van der Waals surface area contributed by atoms with Gasteiger partial charge in [0.25, 0.3) is 0 Å². The van der Waals surface area contributed by atoms with E-state index < -0.39 is 0 Å². The number of hydrogen-bond acceptors (Lipinski definition) is 1. The fourth-order valence-electron chi connectivity index (χ4n) is 2.30. The molecular weight excluding hydrogens is 196 g/mol. The van der Waals surface area contributed by atoms with Crippen LogP contribution in [-0.2, 0) is 6.42 Å². The number of nitrogens with zero attached hydrogens (tertiary/aromatic N) is 2. The van der Waals surface area contributed by atoms with Gasteiger partial charge in [-0.05, 0) is 26.2 Å². The van der Waals surface area contributed by atoms with Crippen molar-refractivity contribution in [2.24, 2.45) is 0 Å². The minimum Gasteiger partial charge on any atom is -0.329 e. The van der Waals surface area contributed by atoms with Gasteiger partial charge in [0.2, 0.25) is 0 Å². The molecule has 0 aromatic carbocycles. The van der Waals surface area contributed by atoms with E-state index >= 15 is 0 Å². The molecule has 2 heteroatoms. The zero-order chi connectivity index (χ0) is 12.5. The molecule has 0 aliphatic rings. The van der Waals surface area contributed by atoms with Crippen molar-refractivity contribution in [2.75, 3.05) is 0 Å². The first-order valence-corrected chi connectivity index (χ1v) is 6.50. The number of rotatable bonds is 4. The Morgan fingerprint density at radius 3 is 1.88 bits per heavy atom. The van der Waals surface area contributed by atoms with Crippen LogP contribution in [0.25, 0.3) is 0 Å². The van der Waals surface area contributed by atoms with Crippen LogP contribution in [0.2, 0.25) is 0 Å². The molecule has 0 atom stereocenters. The third kappa shape index (κ3) is 2.31. The molecule has 0 amide bonds. The van der Waals surface area contributed by atoms with Crippen molar-refractivity contribution < 1.29 is 0 Å². The lowest BCUT2D eigenvalue weighted by Gasteiger charge is -2.17. The first-order chi connectivity index (χ1) is 7.40. The van der Waals surface area contributed by atoms with Gasteiger partial charge in [0.1, 0.15) is 5.82 Å². The first kappa shape index (κ1) is 13.3. The molecule has 0 saturated carbocycles. The highest BCUT2D eigenvalue weighted by molar-refractivity contribution is 5.22. The summed E-state index contributed by atoms with van der Waals surface area (Å²) in [6.45, 7) is 15.6. The largest absolute Gasteiger partial charge is 0.329 e. The molecule has 0 aliphatic heterocycles. The topological polar surface area (TPSA) is 17.8 Å². The van der Waals surface area contributed by atoms with E-state index in [1.54, 1.807) is 0 Å². The van der Waals surface area contributed by atoms with Crippen molar-refractivity contribution in [3.8, 4) is 0 Å². The van der Waals surface area contributed by atoms with Crippen molar-refractivity contribution in [3.63, 3.8) is 0 Å². The Balaban J connectivity index is 3.40. The molecule has 0 bridgehead atoms. The average molecular weight is 222 g/mol. The van der Waals surface area contributed by atoms with E-state index in [4.69, 9.17) is 4.98 Å². The Kier molecular flexibility index (Phi) is 4.17. The van der Waals surface area contributed by atoms with Crippen molar-refractivity contribution in [1.82, 2.24) is 9.55 Å². The van der Waals surface area contributed by atoms with Crippen LogP contribution in [0, 0.1) is 0 Å². The molecule has 0 aliphatic carbocycles. The molecule has 0 saturated heterocycles. The Morgan fingerprint density at radius 2 is 1.56 bits per heavy atom. The van der Waals surface area contributed by atoms with Gasteiger partial charge in [-0.25, -0.2) is 4.98 Å². The standard InChI is InChI=1S/C14H26N2/c1-8-12-13(9(2)3)15-14(10(4)5)16(12)11(6)7/h9-11H,8H2,1-7H3. The van der Waals surface area contributed by atoms with E-state index in [-0.39, 0.29) is 0 Å². The Morgan fingerprint density at radius 1 is 1.00 bits per heavy atom. The quantitative estimate of drug-likeness (QED) is 0.743. The third-order valence-electron chi connectivity index (χ3n) is 2.98. The maximum atomic E-state index is 4.86. The molecule has 1 aromatic rings. The molecule has 2 nitrogen and oxygen atoms in total. The van der Waals surface area contributed by atoms with Crippen LogP contribution in [0.15, 0.2) is 0 Å². The lowest BCUT2D eigenvalue weighted by atomic mass is 10.1. The van der Waals surface area contributed by atoms with Gasteiger partial charge in [-0.15, -0.1) is 0 Å². The Labute approximate surface area is 100 Å². The summed E-state index contributed by atoms with van der Waals surface area (Å²) in [5.74, 6) is 2.27. The highest BCUT2D eigenvalue weighted by Gasteiger charge is 2.20. The van der Waals surface area contributed by atoms with Gasteiger partial charge in [-0.2, -0.15) is 0 Å². The zero-order valence-corrected chi connectivity index (χ0v) is 11.8. The van der Waals surface area contributed by atoms with Crippen molar-refractivity contribution >= 4 is 0 Å². The first-order valence-electron chi connectivity index (χ1n) is 6.50. The minimum atomic E-state index is 0.500. The second-order valence-electron chi connectivity index (χ2n) is 5.43. The zero-order valence-electron chi connectivity index (χ0n) is 11.8. The fourth-order valence-corrected chi connectivity index (χ4v) is 2.30. The summed E-state index contributed by atoms with van der Waals surface area (Å²) >= 11 is 0. The highest BCUT2D eigenvalue weighted by atomic mass is 15.1. The molecule has 16 heavy (non-hydrogen) atoms. The fraction of sp³-hybridized carbons (Fsp3) is 0.786. The van der Waals surface area contributed by atoms with Crippen LogP contribution in [-0.4, -0.2) is 9.55 Å². The van der Waals surface area contributed by atoms with Gasteiger partial charge in [0.15, 0.2) is 0 Å². The maximum Gasteiger partial charge on any atom is 0.112 e. The van der Waals surface area contributed by atoms with Crippen LogP contribution in [0.1, 0.15) is 83.6 Å². The van der Waals surface area contributed by atoms with Crippen LogP contribution >= 0.6 is 0 Å². The van der Waals surface area contributed by atoms with E-state index in [9.17, 15) is 0 Å². The van der Waals surface area contributed by atoms with Gasteiger partial charge in [0, 0.05) is 17.7 Å². The summed E-state index contributed by atoms with van der Waals surface area (Å²) in [5.41, 5.74) is 2.72. The lowest BCUT2D eigenvalue weighted by molar-refractivity contribution is 0.531. The summed E-state index contributed by atoms with van der Waals surface area (Å²) in [4.78, 5) is 4.86. The highest BCUT2D eigenvalue weighted by Crippen LogP contribution is 2.28. The Bertz CT molecular complexity index is 346. The third-order valence-corrected chi connectivity index (χ3v) is 2.98. The second kappa shape index (κ2) is 5.03. The number of imidazole rings is 1. The van der Waals surface area contributed by atoms with Gasteiger partial charge in [-0.1, -0.05) is 34.6 Å². The summed E-state index contributed by atoms with van der Waals surface area (Å²) < 4.78 is 2.43. The maximum absolute atomic E-state index is 4.86. The average Bonchev–Trinajstić information content (AvgIpc) is 2.56. The SMILES string of the molecule is CCc1c(C(C)C)nc(C(C)C)n1C(C)C. The van der Waals surface area contributed by atoms with E-state index in [1.807, 2.05) is 0 Å². The molecule has 0 radical (unpaired) electrons. The van der Waals surface area contributed by atoms with Crippen LogP contribution < -0.4 is 0 Å². The summed E-state index contributed by atoms with van der Waals surface area (Å²) in [6.07, 6.45) is 1.07. The molecule has 0 N–H and O–H groups in total. The van der Waals surface area contributed by atoms with Gasteiger partial charge < -0.3 is 4.57 Å². The minimum absolute atomic E-state index is 0.500. The number of aromatic nitrogens is 2. The van der Waals surface area contributed by atoms with Gasteiger partial charge >= 0.3 is 0 Å². The molecule has 92 valence electrons. The van der Waals surface area contributed by atoms with E-state index in [0.717, 1.165) is 6.42 Å². The molecule has 0 spiro atoms. The molecule has 1 heterocycles. The normalized spacial score (nSPS) is 12.1. The predicted octanol–water partition coefficient (Wildman–Crippen LogP) is 4.27. The second-order valence-corrected chi connectivity index (χ2v) is 5.43. The van der Waals surface area contributed by atoms with Crippen LogP contribution in [0.3, 0.4) is 0 Å². The van der Waals surface area contributed by atoms with Crippen molar-refractivity contribution in [3.05, 3.63) is 17.2 Å². The number of hydrogen-bond donors (Lipinski definition) is 0. The van der Waals surface area contributed by atoms with Crippen molar-refractivity contribution in [1.29, 1.82) is 0 Å². The molecular formula is C14H26N2. The summed E-state index contributed by atoms with van der Waals surface area (Å²) in [5, 5.41) is 0. The smallest absolute Gasteiger partial charge is 0.112 e. The monoisotopic (exact) mass is 222 g/mol. The van der Waals surface area contributed by atoms with Gasteiger partial charge in [0.05, 0.1) is 5.69 Å². The van der Waals surface area contributed by atoms with Gasteiger partial charge in [-0.3, -0.25) is 0 Å². The molecule has 1 aromatic heterocycles. The van der Waals surface area contributed by atoms with Crippen molar-refractivity contribution in [2.45, 2.75) is 72.8 Å². The van der Waals surface area contributed by atoms with Crippen LogP contribution in [0.4, 0.5) is 0 Å². The Hall–Kier alpha value is -0.790. The molecule has 1 rings (SSSR count). The van der Waals surface area contributed by atoms with E-state index in [1.165, 1.54) is 17.2 Å². The van der Waals surface area contributed by atoms with Crippen LogP contribution in [0.5, 0.6) is 0 Å². The predicted molar refractivity (Wildman–Crippen MR) is 70.2 cm³/mol. The molecule has 0 fully saturated rings. The van der Waals surface area contributed by atoms with E-state index in [0.29, 0.717) is 17.9 Å². The lowest BCUT2D eigenvalue weighted by Crippen LogP contribution is -2.11.